The largest absolute Gasteiger partial charge is 0.486 e. The van der Waals surface area contributed by atoms with Gasteiger partial charge in [-0.25, -0.2) is 9.78 Å². The Morgan fingerprint density at radius 2 is 1.81 bits per heavy atom. The number of carboxylic acid groups (broad SMARTS) is 1. The fourth-order valence-electron chi connectivity index (χ4n) is 3.94. The molecule has 3 aromatic rings. The van der Waals surface area contributed by atoms with Crippen molar-refractivity contribution in [3.8, 4) is 5.75 Å². The Balaban J connectivity index is 1.68. The summed E-state index contributed by atoms with van der Waals surface area (Å²) in [7, 11) is 0. The van der Waals surface area contributed by atoms with Gasteiger partial charge in [0.2, 0.25) is 0 Å². The average molecular weight is 521 g/mol. The molecule has 1 amide bonds. The summed E-state index contributed by atoms with van der Waals surface area (Å²) in [5.74, 6) is -1.24. The average Bonchev–Trinajstić information content (AvgIpc) is 3.16. The van der Waals surface area contributed by atoms with E-state index in [1.54, 1.807) is 32.9 Å². The monoisotopic (exact) mass is 520 g/mol. The normalized spacial score (nSPS) is 15.4. The topological polar surface area (TPSA) is 88.5 Å². The van der Waals surface area contributed by atoms with Gasteiger partial charge in [0.1, 0.15) is 18.2 Å². The summed E-state index contributed by atoms with van der Waals surface area (Å²) in [6.45, 7) is 5.04. The number of rotatable bonds is 7. The number of nitrogens with one attached hydrogen (secondary N) is 1. The van der Waals surface area contributed by atoms with E-state index < -0.39 is 35.1 Å². The van der Waals surface area contributed by atoms with Crippen molar-refractivity contribution in [1.82, 2.24) is 10.3 Å². The number of aromatic nitrogens is 1. The number of thiazole rings is 1. The van der Waals surface area contributed by atoms with Gasteiger partial charge in [-0.15, -0.1) is 11.3 Å². The molecule has 0 bridgehead atoms. The van der Waals surface area contributed by atoms with Gasteiger partial charge in [0.15, 0.2) is 5.75 Å². The quantitative estimate of drug-likeness (QED) is 0.377. The number of nitrogens with zero attached hydrogens (tertiary/aromatic N) is 1. The minimum Gasteiger partial charge on any atom is -0.486 e. The Morgan fingerprint density at radius 3 is 2.33 bits per heavy atom. The van der Waals surface area contributed by atoms with Gasteiger partial charge in [-0.3, -0.25) is 4.79 Å². The molecular formula is C26H27F3N2O4S. The number of carbonyl (C=O) groups excluding carboxylic acids is 1. The molecule has 1 atom stereocenters. The molecule has 10 heteroatoms. The minimum atomic E-state index is -4.44. The first-order chi connectivity index (χ1) is 16.8. The van der Waals surface area contributed by atoms with Crippen LogP contribution in [0.25, 0.3) is 10.2 Å². The van der Waals surface area contributed by atoms with Crippen molar-refractivity contribution in [3.05, 3.63) is 58.1 Å². The van der Waals surface area contributed by atoms with Crippen molar-refractivity contribution in [3.63, 3.8) is 0 Å². The summed E-state index contributed by atoms with van der Waals surface area (Å²) in [4.78, 5) is 29.8. The van der Waals surface area contributed by atoms with Crippen LogP contribution in [-0.4, -0.2) is 28.0 Å². The van der Waals surface area contributed by atoms with Crippen LogP contribution in [0.2, 0.25) is 0 Å². The Labute approximate surface area is 210 Å². The fraction of sp³-hybridized carbons (Fsp3) is 0.423. The lowest BCUT2D eigenvalue weighted by atomic mass is 9.86. The molecule has 1 aliphatic carbocycles. The summed E-state index contributed by atoms with van der Waals surface area (Å²) < 4.78 is 45.6. The molecule has 1 heterocycles. The zero-order valence-corrected chi connectivity index (χ0v) is 20.9. The molecule has 192 valence electrons. The number of ether oxygens (including phenoxy) is 1. The predicted molar refractivity (Wildman–Crippen MR) is 130 cm³/mol. The van der Waals surface area contributed by atoms with Crippen molar-refractivity contribution in [1.29, 1.82) is 0 Å². The highest BCUT2D eigenvalue weighted by molar-refractivity contribution is 7.18. The number of alkyl halides is 3. The van der Waals surface area contributed by atoms with Gasteiger partial charge in [0.25, 0.3) is 5.91 Å². The van der Waals surface area contributed by atoms with Crippen LogP contribution in [0.4, 0.5) is 13.2 Å². The van der Waals surface area contributed by atoms with Crippen LogP contribution in [0.3, 0.4) is 0 Å². The van der Waals surface area contributed by atoms with E-state index in [2.05, 4.69) is 5.32 Å². The maximum absolute atomic E-state index is 13.2. The standard InChI is InChI=1S/C26H27F3N2O4S/c1-25(2,3)21(24(33)34)31-22(32)17-11-12-18-19(30-23(36-18)15-5-4-6-15)20(17)35-13-14-7-9-16(10-8-14)26(27,28)29/h7-12,15,21H,4-6,13H2,1-3H3,(H,31,32)(H,33,34)/t21-/m1/s1. The molecule has 6 nitrogen and oxygen atoms in total. The summed E-state index contributed by atoms with van der Waals surface area (Å²) in [6, 6.07) is 6.79. The second kappa shape index (κ2) is 9.72. The van der Waals surface area contributed by atoms with E-state index in [1.165, 1.54) is 23.5 Å². The van der Waals surface area contributed by atoms with Crippen molar-refractivity contribution in [2.45, 2.75) is 64.8 Å². The molecule has 0 saturated heterocycles. The number of carboxylic acids is 1. The van der Waals surface area contributed by atoms with E-state index in [1.807, 2.05) is 0 Å². The zero-order chi connectivity index (χ0) is 26.3. The molecule has 0 aliphatic heterocycles. The summed E-state index contributed by atoms with van der Waals surface area (Å²) in [5, 5.41) is 13.2. The first-order valence-corrected chi connectivity index (χ1v) is 12.4. The molecule has 0 unspecified atom stereocenters. The van der Waals surface area contributed by atoms with Gasteiger partial charge in [-0.05, 0) is 48.1 Å². The van der Waals surface area contributed by atoms with Gasteiger partial charge in [0, 0.05) is 5.92 Å². The molecular weight excluding hydrogens is 493 g/mol. The van der Waals surface area contributed by atoms with Crippen molar-refractivity contribution in [2.24, 2.45) is 5.41 Å². The van der Waals surface area contributed by atoms with Crippen molar-refractivity contribution in [2.75, 3.05) is 0 Å². The first-order valence-electron chi connectivity index (χ1n) is 11.6. The third kappa shape index (κ3) is 5.48. The van der Waals surface area contributed by atoms with E-state index in [0.29, 0.717) is 17.0 Å². The highest BCUT2D eigenvalue weighted by Gasteiger charge is 2.34. The maximum atomic E-state index is 13.2. The minimum absolute atomic E-state index is 0.0878. The molecule has 0 spiro atoms. The molecule has 0 radical (unpaired) electrons. The number of fused-ring (bicyclic) bond motifs is 1. The summed E-state index contributed by atoms with van der Waals surface area (Å²) >= 11 is 1.52. The number of amides is 1. The number of halogens is 3. The fourth-order valence-corrected chi connectivity index (χ4v) is 5.08. The Hall–Kier alpha value is -3.14. The third-order valence-electron chi connectivity index (χ3n) is 6.28. The zero-order valence-electron chi connectivity index (χ0n) is 20.1. The Morgan fingerprint density at radius 1 is 1.14 bits per heavy atom. The molecule has 1 aromatic heterocycles. The highest BCUT2D eigenvalue weighted by atomic mass is 32.1. The number of carbonyl (C=O) groups is 2. The molecule has 1 saturated carbocycles. The van der Waals surface area contributed by atoms with Gasteiger partial charge in [0.05, 0.1) is 20.8 Å². The lowest BCUT2D eigenvalue weighted by Crippen LogP contribution is -2.49. The lowest BCUT2D eigenvalue weighted by Gasteiger charge is -2.28. The molecule has 1 fully saturated rings. The van der Waals surface area contributed by atoms with Gasteiger partial charge in [-0.1, -0.05) is 39.3 Å². The van der Waals surface area contributed by atoms with Crippen LogP contribution in [0.5, 0.6) is 5.75 Å². The van der Waals surface area contributed by atoms with Crippen LogP contribution in [0.1, 0.15) is 72.4 Å². The smallest absolute Gasteiger partial charge is 0.416 e. The van der Waals surface area contributed by atoms with Crippen molar-refractivity contribution < 1.29 is 32.6 Å². The Kier molecular flexibility index (Phi) is 7.01. The van der Waals surface area contributed by atoms with Crippen LogP contribution in [0, 0.1) is 5.41 Å². The molecule has 1 aliphatic rings. The lowest BCUT2D eigenvalue weighted by molar-refractivity contribution is -0.142. The van der Waals surface area contributed by atoms with Crippen LogP contribution in [-0.2, 0) is 17.6 Å². The predicted octanol–water partition coefficient (Wildman–Crippen LogP) is 6.39. The van der Waals surface area contributed by atoms with Crippen molar-refractivity contribution >= 4 is 33.4 Å². The number of benzene rings is 2. The van der Waals surface area contributed by atoms with Gasteiger partial charge in [-0.2, -0.15) is 13.2 Å². The molecule has 4 rings (SSSR count). The van der Waals surface area contributed by atoms with E-state index in [-0.39, 0.29) is 17.9 Å². The highest BCUT2D eigenvalue weighted by Crippen LogP contribution is 2.42. The van der Waals surface area contributed by atoms with Crippen LogP contribution < -0.4 is 10.1 Å². The molecule has 2 aromatic carbocycles. The van der Waals surface area contributed by atoms with E-state index in [0.717, 1.165) is 41.1 Å². The van der Waals surface area contributed by atoms with E-state index in [4.69, 9.17) is 9.72 Å². The molecule has 36 heavy (non-hydrogen) atoms. The number of hydrogen-bond acceptors (Lipinski definition) is 5. The summed E-state index contributed by atoms with van der Waals surface area (Å²) in [5.41, 5.74) is -0.413. The van der Waals surface area contributed by atoms with Gasteiger partial charge < -0.3 is 15.2 Å². The van der Waals surface area contributed by atoms with Gasteiger partial charge >= 0.3 is 12.1 Å². The van der Waals surface area contributed by atoms with E-state index in [9.17, 15) is 27.9 Å². The van der Waals surface area contributed by atoms with Crippen LogP contribution >= 0.6 is 11.3 Å². The Bertz CT molecular complexity index is 1280. The number of hydrogen-bond donors (Lipinski definition) is 2. The first kappa shape index (κ1) is 25.9. The SMILES string of the molecule is CC(C)(C)[C@H](NC(=O)c1ccc2sc(C3CCC3)nc2c1OCc1ccc(C(F)(F)F)cc1)C(=O)O. The summed E-state index contributed by atoms with van der Waals surface area (Å²) in [6.07, 6.45) is -1.22. The second-order valence-corrected chi connectivity index (χ2v) is 11.1. The maximum Gasteiger partial charge on any atom is 0.416 e. The second-order valence-electron chi connectivity index (χ2n) is 10.1. The van der Waals surface area contributed by atoms with E-state index >= 15 is 0 Å². The number of aliphatic carboxylic acids is 1. The molecule has 2 N–H and O–H groups in total. The third-order valence-corrected chi connectivity index (χ3v) is 7.47. The van der Waals surface area contributed by atoms with Crippen LogP contribution in [0.15, 0.2) is 36.4 Å².